The summed E-state index contributed by atoms with van der Waals surface area (Å²) in [4.78, 5) is 23.2. The highest BCUT2D eigenvalue weighted by atomic mass is 19.1. The molecular formula is C16H13FN2O2. The topological polar surface area (TPSA) is 58.2 Å². The number of anilines is 1. The van der Waals surface area contributed by atoms with Gasteiger partial charge in [-0.05, 0) is 41.5 Å². The Morgan fingerprint density at radius 3 is 2.71 bits per heavy atom. The molecule has 0 bridgehead atoms. The first-order chi connectivity index (χ1) is 10.1. The average Bonchev–Trinajstić information content (AvgIpc) is 2.84. The summed E-state index contributed by atoms with van der Waals surface area (Å²) in [5.74, 6) is -0.649. The van der Waals surface area contributed by atoms with Crippen molar-refractivity contribution in [2.45, 2.75) is 13.0 Å². The molecule has 4 nitrogen and oxygen atoms in total. The largest absolute Gasteiger partial charge is 0.348 e. The summed E-state index contributed by atoms with van der Waals surface area (Å²) < 4.78 is 12.8. The van der Waals surface area contributed by atoms with Gasteiger partial charge in [0.1, 0.15) is 5.82 Å². The molecule has 5 heteroatoms. The highest BCUT2D eigenvalue weighted by Crippen LogP contribution is 2.23. The zero-order valence-corrected chi connectivity index (χ0v) is 11.2. The summed E-state index contributed by atoms with van der Waals surface area (Å²) in [6.45, 7) is 0.359. The van der Waals surface area contributed by atoms with Crippen molar-refractivity contribution >= 4 is 17.5 Å². The monoisotopic (exact) mass is 284 g/mol. The molecule has 2 aromatic rings. The number of hydrogen-bond acceptors (Lipinski definition) is 2. The Bertz CT molecular complexity index is 711. The van der Waals surface area contributed by atoms with Gasteiger partial charge in [0.15, 0.2) is 0 Å². The van der Waals surface area contributed by atoms with Crippen LogP contribution >= 0.6 is 0 Å². The van der Waals surface area contributed by atoms with Crippen molar-refractivity contribution in [1.82, 2.24) is 5.32 Å². The molecule has 1 aliphatic rings. The van der Waals surface area contributed by atoms with E-state index in [0.717, 1.165) is 16.8 Å². The van der Waals surface area contributed by atoms with Crippen LogP contribution in [0.3, 0.4) is 0 Å². The van der Waals surface area contributed by atoms with Gasteiger partial charge in [-0.3, -0.25) is 9.59 Å². The Morgan fingerprint density at radius 2 is 1.95 bits per heavy atom. The van der Waals surface area contributed by atoms with Crippen LogP contribution in [0.1, 0.15) is 21.5 Å². The van der Waals surface area contributed by atoms with Crippen LogP contribution < -0.4 is 10.6 Å². The molecule has 2 aromatic carbocycles. The van der Waals surface area contributed by atoms with Crippen LogP contribution in [0, 0.1) is 5.82 Å². The first-order valence-electron chi connectivity index (χ1n) is 6.57. The molecule has 0 radical (unpaired) electrons. The summed E-state index contributed by atoms with van der Waals surface area (Å²) in [5, 5.41) is 5.53. The molecule has 0 unspecified atom stereocenters. The van der Waals surface area contributed by atoms with Crippen LogP contribution in [0.5, 0.6) is 0 Å². The van der Waals surface area contributed by atoms with E-state index in [2.05, 4.69) is 10.6 Å². The molecule has 3 rings (SSSR count). The molecule has 0 atom stereocenters. The van der Waals surface area contributed by atoms with Crippen LogP contribution in [-0.2, 0) is 17.8 Å². The number of halogens is 1. The third-order valence-corrected chi connectivity index (χ3v) is 3.35. The van der Waals surface area contributed by atoms with Crippen molar-refractivity contribution in [2.24, 2.45) is 0 Å². The quantitative estimate of drug-likeness (QED) is 0.908. The van der Waals surface area contributed by atoms with Crippen molar-refractivity contribution in [3.63, 3.8) is 0 Å². The summed E-state index contributed by atoms with van der Waals surface area (Å²) in [7, 11) is 0. The Labute approximate surface area is 121 Å². The van der Waals surface area contributed by atoms with Crippen LogP contribution in [0.4, 0.5) is 10.1 Å². The van der Waals surface area contributed by atoms with Gasteiger partial charge in [0.25, 0.3) is 5.91 Å². The first-order valence-corrected chi connectivity index (χ1v) is 6.57. The van der Waals surface area contributed by atoms with E-state index in [0.29, 0.717) is 18.5 Å². The van der Waals surface area contributed by atoms with E-state index in [-0.39, 0.29) is 17.6 Å². The predicted octanol–water partition coefficient (Wildman–Crippen LogP) is 2.25. The van der Waals surface area contributed by atoms with Gasteiger partial charge in [0.2, 0.25) is 5.91 Å². The molecule has 106 valence electrons. The fourth-order valence-electron chi connectivity index (χ4n) is 2.28. The summed E-state index contributed by atoms with van der Waals surface area (Å²) in [5.41, 5.74) is 3.09. The van der Waals surface area contributed by atoms with Crippen LogP contribution in [0.15, 0.2) is 42.5 Å². The van der Waals surface area contributed by atoms with E-state index in [4.69, 9.17) is 0 Å². The summed E-state index contributed by atoms with van der Waals surface area (Å²) >= 11 is 0. The number of benzene rings is 2. The number of carbonyl (C=O) groups excluding carboxylic acids is 2. The molecule has 1 aliphatic heterocycles. The van der Waals surface area contributed by atoms with Gasteiger partial charge in [0.05, 0.1) is 6.42 Å². The molecule has 0 spiro atoms. The molecule has 0 aromatic heterocycles. The highest BCUT2D eigenvalue weighted by molar-refractivity contribution is 5.99. The van der Waals surface area contributed by atoms with Gasteiger partial charge < -0.3 is 10.6 Å². The molecule has 0 saturated carbocycles. The lowest BCUT2D eigenvalue weighted by atomic mass is 10.1. The molecule has 0 fully saturated rings. The lowest BCUT2D eigenvalue weighted by molar-refractivity contribution is -0.115. The van der Waals surface area contributed by atoms with Gasteiger partial charge in [-0.15, -0.1) is 0 Å². The van der Waals surface area contributed by atoms with E-state index in [1.807, 2.05) is 18.2 Å². The van der Waals surface area contributed by atoms with Gasteiger partial charge in [0, 0.05) is 17.8 Å². The molecule has 2 N–H and O–H groups in total. The minimum atomic E-state index is -0.373. The van der Waals surface area contributed by atoms with Crippen molar-refractivity contribution in [1.29, 1.82) is 0 Å². The average molecular weight is 284 g/mol. The molecule has 21 heavy (non-hydrogen) atoms. The minimum Gasteiger partial charge on any atom is -0.348 e. The Morgan fingerprint density at radius 1 is 1.19 bits per heavy atom. The smallest absolute Gasteiger partial charge is 0.251 e. The molecule has 0 aliphatic carbocycles. The zero-order chi connectivity index (χ0) is 14.8. The Kier molecular flexibility index (Phi) is 3.39. The molecule has 1 heterocycles. The number of carbonyl (C=O) groups is 2. The fourth-order valence-corrected chi connectivity index (χ4v) is 2.28. The van der Waals surface area contributed by atoms with E-state index in [1.54, 1.807) is 0 Å². The third-order valence-electron chi connectivity index (χ3n) is 3.35. The number of amides is 2. The zero-order valence-electron chi connectivity index (χ0n) is 11.2. The van der Waals surface area contributed by atoms with E-state index < -0.39 is 0 Å². The third kappa shape index (κ3) is 2.91. The van der Waals surface area contributed by atoms with E-state index in [9.17, 15) is 14.0 Å². The van der Waals surface area contributed by atoms with Crippen LogP contribution in [0.2, 0.25) is 0 Å². The second-order valence-electron chi connectivity index (χ2n) is 4.91. The maximum Gasteiger partial charge on any atom is 0.251 e. The van der Waals surface area contributed by atoms with Gasteiger partial charge in [-0.1, -0.05) is 12.1 Å². The number of hydrogen-bond donors (Lipinski definition) is 2. The van der Waals surface area contributed by atoms with Crippen molar-refractivity contribution in [2.75, 3.05) is 5.32 Å². The summed E-state index contributed by atoms with van der Waals surface area (Å²) in [6.07, 6.45) is 0.370. The maximum absolute atomic E-state index is 12.8. The number of rotatable bonds is 3. The number of fused-ring (bicyclic) bond motifs is 1. The van der Waals surface area contributed by atoms with Crippen molar-refractivity contribution in [3.8, 4) is 0 Å². The molecule has 2 amide bonds. The second-order valence-corrected chi connectivity index (χ2v) is 4.91. The second kappa shape index (κ2) is 5.36. The Balaban J connectivity index is 1.65. The van der Waals surface area contributed by atoms with Crippen LogP contribution in [-0.4, -0.2) is 11.8 Å². The highest BCUT2D eigenvalue weighted by Gasteiger charge is 2.17. The maximum atomic E-state index is 12.8. The SMILES string of the molecule is O=C1Cc2cc(CNC(=O)c3ccc(F)cc3)ccc2N1. The van der Waals surface area contributed by atoms with Crippen molar-refractivity contribution < 1.29 is 14.0 Å². The predicted molar refractivity (Wildman–Crippen MR) is 76.3 cm³/mol. The normalized spacial score (nSPS) is 12.7. The van der Waals surface area contributed by atoms with Crippen LogP contribution in [0.25, 0.3) is 0 Å². The van der Waals surface area contributed by atoms with E-state index in [1.165, 1.54) is 24.3 Å². The number of nitrogens with one attached hydrogen (secondary N) is 2. The molecule has 0 saturated heterocycles. The standard InChI is InChI=1S/C16H13FN2O2/c17-13-4-2-11(3-5-13)16(21)18-9-10-1-6-14-12(7-10)8-15(20)19-14/h1-7H,8-9H2,(H,18,21)(H,19,20). The lowest BCUT2D eigenvalue weighted by Gasteiger charge is -2.07. The van der Waals surface area contributed by atoms with Gasteiger partial charge >= 0.3 is 0 Å². The minimum absolute atomic E-state index is 0.0162. The lowest BCUT2D eigenvalue weighted by Crippen LogP contribution is -2.22. The molecular weight excluding hydrogens is 271 g/mol. The van der Waals surface area contributed by atoms with Crippen molar-refractivity contribution in [3.05, 3.63) is 65.0 Å². The first kappa shape index (κ1) is 13.3. The van der Waals surface area contributed by atoms with Gasteiger partial charge in [-0.25, -0.2) is 4.39 Å². The Hall–Kier alpha value is -2.69. The summed E-state index contributed by atoms with van der Waals surface area (Å²) in [6, 6.07) is 11.0. The van der Waals surface area contributed by atoms with E-state index >= 15 is 0 Å². The van der Waals surface area contributed by atoms with Gasteiger partial charge in [-0.2, -0.15) is 0 Å². The fraction of sp³-hybridized carbons (Fsp3) is 0.125.